The molecule has 2 N–H and O–H groups in total. The van der Waals surface area contributed by atoms with Crippen molar-refractivity contribution < 1.29 is 18.0 Å². The number of carbonyl (C=O) groups is 1. The summed E-state index contributed by atoms with van der Waals surface area (Å²) in [5.41, 5.74) is 1.06. The molecule has 0 fully saturated rings. The second-order valence-electron chi connectivity index (χ2n) is 3.65. The van der Waals surface area contributed by atoms with Gasteiger partial charge in [0, 0.05) is 15.7 Å². The fraction of sp³-hybridized carbons (Fsp3) is 0.300. The third kappa shape index (κ3) is 2.78. The van der Waals surface area contributed by atoms with Crippen LogP contribution in [0, 0.1) is 0 Å². The quantitative estimate of drug-likeness (QED) is 0.882. The maximum absolute atomic E-state index is 12.1. The number of fused-ring (bicyclic) bond motifs is 1. The average Bonchev–Trinajstić information content (AvgIpc) is 2.49. The molecule has 1 aromatic carbocycles. The van der Waals surface area contributed by atoms with Gasteiger partial charge in [0.05, 0.1) is 6.54 Å². The molecule has 3 nitrogen and oxygen atoms in total. The van der Waals surface area contributed by atoms with E-state index in [1.54, 1.807) is 18.2 Å². The lowest BCUT2D eigenvalue weighted by atomic mass is 10.1. The summed E-state index contributed by atoms with van der Waals surface area (Å²) in [6.45, 7) is -1.20. The molecule has 1 aliphatic heterocycles. The number of hydrogen-bond donors (Lipinski definition) is 2. The van der Waals surface area contributed by atoms with Gasteiger partial charge in [-0.3, -0.25) is 10.1 Å². The van der Waals surface area contributed by atoms with Crippen LogP contribution in [0.25, 0.3) is 0 Å². The molecule has 1 unspecified atom stereocenters. The van der Waals surface area contributed by atoms with Crippen LogP contribution in [0.1, 0.15) is 11.6 Å². The average molecular weight is 309 g/mol. The molecule has 1 amide bonds. The predicted octanol–water partition coefficient (Wildman–Crippen LogP) is 2.59. The van der Waals surface area contributed by atoms with E-state index in [9.17, 15) is 18.0 Å². The highest BCUT2D eigenvalue weighted by Gasteiger charge is 2.34. The number of amides is 1. The zero-order chi connectivity index (χ0) is 12.6. The Morgan fingerprint density at radius 3 is 2.76 bits per heavy atom. The molecule has 0 saturated carbocycles. The van der Waals surface area contributed by atoms with Gasteiger partial charge in [-0.2, -0.15) is 13.2 Å². The first-order chi connectivity index (χ1) is 7.87. The number of anilines is 1. The van der Waals surface area contributed by atoms with E-state index in [1.165, 1.54) is 0 Å². The molecule has 7 heteroatoms. The van der Waals surface area contributed by atoms with E-state index < -0.39 is 24.7 Å². The number of halogens is 4. The van der Waals surface area contributed by atoms with Crippen molar-refractivity contribution in [1.29, 1.82) is 0 Å². The Balaban J connectivity index is 2.19. The molecule has 0 bridgehead atoms. The minimum Gasteiger partial charge on any atom is -0.324 e. The molecule has 1 aliphatic rings. The molecule has 2 rings (SSSR count). The van der Waals surface area contributed by atoms with Crippen LogP contribution in [0.4, 0.5) is 18.9 Å². The van der Waals surface area contributed by atoms with Crippen LogP contribution in [-0.2, 0) is 4.79 Å². The molecule has 1 aromatic rings. The maximum atomic E-state index is 12.1. The Hall–Kier alpha value is -1.08. The minimum atomic E-state index is -4.34. The van der Waals surface area contributed by atoms with Crippen molar-refractivity contribution in [2.45, 2.75) is 12.2 Å². The van der Waals surface area contributed by atoms with Gasteiger partial charge >= 0.3 is 6.18 Å². The number of alkyl halides is 3. The minimum absolute atomic E-state index is 0.470. The van der Waals surface area contributed by atoms with Crippen LogP contribution in [0.15, 0.2) is 22.7 Å². The molecule has 0 aromatic heterocycles. The third-order valence-corrected chi connectivity index (χ3v) is 2.84. The fourth-order valence-corrected chi connectivity index (χ4v) is 2.03. The van der Waals surface area contributed by atoms with Crippen LogP contribution in [0.5, 0.6) is 0 Å². The smallest absolute Gasteiger partial charge is 0.324 e. The van der Waals surface area contributed by atoms with Crippen LogP contribution in [0.2, 0.25) is 0 Å². The number of hydrogen-bond acceptors (Lipinski definition) is 2. The van der Waals surface area contributed by atoms with Gasteiger partial charge < -0.3 is 5.32 Å². The largest absolute Gasteiger partial charge is 0.401 e. The first-order valence-corrected chi connectivity index (χ1v) is 5.56. The van der Waals surface area contributed by atoms with Crippen LogP contribution in [-0.4, -0.2) is 18.6 Å². The van der Waals surface area contributed by atoms with Gasteiger partial charge in [0.2, 0.25) is 5.91 Å². The van der Waals surface area contributed by atoms with Crippen molar-refractivity contribution in [3.8, 4) is 0 Å². The molecule has 0 aliphatic carbocycles. The van der Waals surface area contributed by atoms with Gasteiger partial charge in [-0.15, -0.1) is 0 Å². The lowest BCUT2D eigenvalue weighted by molar-refractivity contribution is -0.129. The Labute approximate surface area is 104 Å². The molecule has 17 heavy (non-hydrogen) atoms. The number of nitrogens with one attached hydrogen (secondary N) is 2. The number of carbonyl (C=O) groups excluding carboxylic acids is 1. The van der Waals surface area contributed by atoms with Gasteiger partial charge in [0.25, 0.3) is 0 Å². The summed E-state index contributed by atoms with van der Waals surface area (Å²) in [5, 5.41) is 4.72. The Morgan fingerprint density at radius 1 is 1.41 bits per heavy atom. The van der Waals surface area contributed by atoms with E-state index in [1.807, 2.05) is 0 Å². The standard InChI is InChI=1S/C10H8BrF3N2O/c11-5-1-2-7-6(3-5)8(9(17)16-7)15-4-10(12,13)14/h1-3,8,15H,4H2,(H,16,17). The zero-order valence-corrected chi connectivity index (χ0v) is 10.0. The SMILES string of the molecule is O=C1Nc2ccc(Br)cc2C1NCC(F)(F)F. The number of benzene rings is 1. The summed E-state index contributed by atoms with van der Waals surface area (Å²) < 4.78 is 37.0. The highest BCUT2D eigenvalue weighted by Crippen LogP contribution is 2.33. The van der Waals surface area contributed by atoms with E-state index in [0.29, 0.717) is 15.7 Å². The van der Waals surface area contributed by atoms with E-state index in [4.69, 9.17) is 0 Å². The van der Waals surface area contributed by atoms with Crippen LogP contribution >= 0.6 is 15.9 Å². The summed E-state index contributed by atoms with van der Waals surface area (Å²) in [6.07, 6.45) is -4.34. The first-order valence-electron chi connectivity index (χ1n) is 4.77. The van der Waals surface area contributed by atoms with E-state index in [-0.39, 0.29) is 0 Å². The second kappa shape index (κ2) is 4.30. The van der Waals surface area contributed by atoms with E-state index in [0.717, 1.165) is 0 Å². The highest BCUT2D eigenvalue weighted by molar-refractivity contribution is 9.10. The Kier molecular flexibility index (Phi) is 3.13. The van der Waals surface area contributed by atoms with Crippen molar-refractivity contribution in [1.82, 2.24) is 5.32 Å². The Morgan fingerprint density at radius 2 is 2.12 bits per heavy atom. The normalized spacial score (nSPS) is 19.1. The second-order valence-corrected chi connectivity index (χ2v) is 4.57. The lowest BCUT2D eigenvalue weighted by Crippen LogP contribution is -2.35. The zero-order valence-electron chi connectivity index (χ0n) is 8.44. The lowest BCUT2D eigenvalue weighted by Gasteiger charge is -2.13. The summed E-state index contributed by atoms with van der Waals surface area (Å²) in [6, 6.07) is 4.03. The van der Waals surface area contributed by atoms with E-state index in [2.05, 4.69) is 26.6 Å². The maximum Gasteiger partial charge on any atom is 0.401 e. The molecular weight excluding hydrogens is 301 g/mol. The molecule has 0 saturated heterocycles. The molecule has 92 valence electrons. The molecule has 1 heterocycles. The molecule has 0 spiro atoms. The predicted molar refractivity (Wildman–Crippen MR) is 59.6 cm³/mol. The molecular formula is C10H8BrF3N2O. The van der Waals surface area contributed by atoms with E-state index >= 15 is 0 Å². The van der Waals surface area contributed by atoms with Crippen LogP contribution < -0.4 is 10.6 Å². The van der Waals surface area contributed by atoms with Gasteiger partial charge in [0.1, 0.15) is 6.04 Å². The van der Waals surface area contributed by atoms with Crippen molar-refractivity contribution in [2.75, 3.05) is 11.9 Å². The monoisotopic (exact) mass is 308 g/mol. The van der Waals surface area contributed by atoms with Gasteiger partial charge in [-0.05, 0) is 18.2 Å². The molecule has 0 radical (unpaired) electrons. The van der Waals surface area contributed by atoms with Crippen molar-refractivity contribution >= 4 is 27.5 Å². The van der Waals surface area contributed by atoms with Crippen molar-refractivity contribution in [2.24, 2.45) is 0 Å². The van der Waals surface area contributed by atoms with Crippen molar-refractivity contribution in [3.63, 3.8) is 0 Å². The highest BCUT2D eigenvalue weighted by atomic mass is 79.9. The summed E-state index contributed by atoms with van der Waals surface area (Å²) in [4.78, 5) is 11.5. The van der Waals surface area contributed by atoms with Gasteiger partial charge in [-0.25, -0.2) is 0 Å². The first kappa shape index (κ1) is 12.4. The summed E-state index contributed by atoms with van der Waals surface area (Å²) >= 11 is 3.21. The van der Waals surface area contributed by atoms with Gasteiger partial charge in [0.15, 0.2) is 0 Å². The number of rotatable bonds is 2. The topological polar surface area (TPSA) is 41.1 Å². The van der Waals surface area contributed by atoms with Crippen molar-refractivity contribution in [3.05, 3.63) is 28.2 Å². The van der Waals surface area contributed by atoms with Gasteiger partial charge in [-0.1, -0.05) is 15.9 Å². The van der Waals surface area contributed by atoms with Crippen LogP contribution in [0.3, 0.4) is 0 Å². The third-order valence-electron chi connectivity index (χ3n) is 2.35. The summed E-state index contributed by atoms with van der Waals surface area (Å²) in [7, 11) is 0. The Bertz CT molecular complexity index is 461. The summed E-state index contributed by atoms with van der Waals surface area (Å²) in [5.74, 6) is -0.470. The molecule has 1 atom stereocenters. The fourth-order valence-electron chi connectivity index (χ4n) is 1.65.